The van der Waals surface area contributed by atoms with Gasteiger partial charge in [0.25, 0.3) is 0 Å². The molecule has 0 aliphatic heterocycles. The highest BCUT2D eigenvalue weighted by Crippen LogP contribution is 2.40. The van der Waals surface area contributed by atoms with Crippen molar-refractivity contribution in [3.05, 3.63) is 35.9 Å². The molecule has 3 N–H and O–H groups in total. The minimum atomic E-state index is -0.975. The van der Waals surface area contributed by atoms with Gasteiger partial charge < -0.3 is 15.7 Å². The average Bonchev–Trinajstić information content (AvgIpc) is 2.60. The Balaban J connectivity index is 2.12. The summed E-state index contributed by atoms with van der Waals surface area (Å²) in [6.07, 6.45) is 3.79. The Hall–Kier alpha value is -2.37. The summed E-state index contributed by atoms with van der Waals surface area (Å²) in [5.74, 6) is -1.60. The number of primary amides is 1. The number of carboxylic acids is 1. The molecule has 1 aliphatic carbocycles. The first kappa shape index (κ1) is 19.0. The molecule has 136 valence electrons. The minimum absolute atomic E-state index is 0.0199. The van der Waals surface area contributed by atoms with Crippen LogP contribution in [0.3, 0.4) is 0 Å². The Kier molecular flexibility index (Phi) is 6.56. The number of nitrogens with zero attached hydrogens (tertiary/aromatic N) is 1. The maximum atomic E-state index is 12.8. The standard InChI is InChI=1S/C19H26N2O4/c20-16(22)9-12-21(14-15-7-3-1-4-8-15)17(23)13-19(18(24)25)10-5-2-6-11-19/h1,3-4,7-8H,2,5-6,9-14H2,(H2,20,22)(H,24,25). The van der Waals surface area contributed by atoms with Gasteiger partial charge in [-0.1, -0.05) is 49.6 Å². The van der Waals surface area contributed by atoms with Crippen molar-refractivity contribution in [1.29, 1.82) is 0 Å². The normalized spacial score (nSPS) is 16.2. The summed E-state index contributed by atoms with van der Waals surface area (Å²) in [6.45, 7) is 0.557. The molecule has 1 aliphatic rings. The second kappa shape index (κ2) is 8.65. The Bertz CT molecular complexity index is 609. The van der Waals surface area contributed by atoms with Gasteiger partial charge in [-0.05, 0) is 18.4 Å². The molecule has 0 spiro atoms. The molecule has 1 fully saturated rings. The van der Waals surface area contributed by atoms with E-state index < -0.39 is 17.3 Å². The largest absolute Gasteiger partial charge is 0.481 e. The summed E-state index contributed by atoms with van der Waals surface area (Å²) in [4.78, 5) is 37.3. The summed E-state index contributed by atoms with van der Waals surface area (Å²) in [5, 5.41) is 9.68. The van der Waals surface area contributed by atoms with Crippen LogP contribution in [0.25, 0.3) is 0 Å². The third-order valence-electron chi connectivity index (χ3n) is 4.95. The number of carbonyl (C=O) groups is 3. The van der Waals surface area contributed by atoms with Crippen LogP contribution < -0.4 is 5.73 Å². The second-order valence-electron chi connectivity index (χ2n) is 6.84. The number of hydrogen-bond acceptors (Lipinski definition) is 3. The molecule has 0 radical (unpaired) electrons. The molecule has 1 aromatic rings. The quantitative estimate of drug-likeness (QED) is 0.754. The van der Waals surface area contributed by atoms with Crippen molar-refractivity contribution in [2.45, 2.75) is 51.5 Å². The molecule has 0 unspecified atom stereocenters. The fourth-order valence-corrected chi connectivity index (χ4v) is 3.44. The second-order valence-corrected chi connectivity index (χ2v) is 6.84. The number of carbonyl (C=O) groups excluding carboxylic acids is 2. The van der Waals surface area contributed by atoms with Crippen molar-refractivity contribution in [3.63, 3.8) is 0 Å². The van der Waals surface area contributed by atoms with Gasteiger partial charge in [0.1, 0.15) is 0 Å². The van der Waals surface area contributed by atoms with Crippen molar-refractivity contribution < 1.29 is 19.5 Å². The van der Waals surface area contributed by atoms with Gasteiger partial charge in [-0.25, -0.2) is 0 Å². The molecule has 0 atom stereocenters. The molecule has 25 heavy (non-hydrogen) atoms. The van der Waals surface area contributed by atoms with Crippen LogP contribution in [0.5, 0.6) is 0 Å². The highest BCUT2D eigenvalue weighted by Gasteiger charge is 2.42. The van der Waals surface area contributed by atoms with Crippen LogP contribution >= 0.6 is 0 Å². The molecule has 0 aromatic heterocycles. The smallest absolute Gasteiger partial charge is 0.310 e. The summed E-state index contributed by atoms with van der Waals surface area (Å²) >= 11 is 0. The van der Waals surface area contributed by atoms with Crippen LogP contribution in [-0.2, 0) is 20.9 Å². The van der Waals surface area contributed by atoms with Gasteiger partial charge >= 0.3 is 5.97 Å². The molecule has 1 aromatic carbocycles. The fraction of sp³-hybridized carbons (Fsp3) is 0.526. The predicted octanol–water partition coefficient (Wildman–Crippen LogP) is 2.32. The maximum absolute atomic E-state index is 12.8. The van der Waals surface area contributed by atoms with Gasteiger partial charge in [-0.15, -0.1) is 0 Å². The van der Waals surface area contributed by atoms with Crippen molar-refractivity contribution in [1.82, 2.24) is 4.90 Å². The summed E-state index contributed by atoms with van der Waals surface area (Å²) < 4.78 is 0. The van der Waals surface area contributed by atoms with Crippen LogP contribution in [0.2, 0.25) is 0 Å². The predicted molar refractivity (Wildman–Crippen MR) is 93.4 cm³/mol. The number of carboxylic acid groups (broad SMARTS) is 1. The van der Waals surface area contributed by atoms with Crippen LogP contribution in [0.15, 0.2) is 30.3 Å². The molecule has 0 heterocycles. The van der Waals surface area contributed by atoms with E-state index in [9.17, 15) is 19.5 Å². The molecule has 2 rings (SSSR count). The molecule has 1 saturated carbocycles. The van der Waals surface area contributed by atoms with E-state index in [-0.39, 0.29) is 25.3 Å². The maximum Gasteiger partial charge on any atom is 0.310 e. The van der Waals surface area contributed by atoms with Gasteiger partial charge in [0.2, 0.25) is 11.8 Å². The third-order valence-corrected chi connectivity index (χ3v) is 4.95. The lowest BCUT2D eigenvalue weighted by Crippen LogP contribution is -2.41. The van der Waals surface area contributed by atoms with Gasteiger partial charge in [-0.2, -0.15) is 0 Å². The zero-order valence-electron chi connectivity index (χ0n) is 14.4. The van der Waals surface area contributed by atoms with E-state index in [0.29, 0.717) is 19.4 Å². The Morgan fingerprint density at radius 2 is 1.72 bits per heavy atom. The topological polar surface area (TPSA) is 101 Å². The Morgan fingerprint density at radius 1 is 1.08 bits per heavy atom. The lowest BCUT2D eigenvalue weighted by atomic mass is 9.71. The molecule has 2 amide bonds. The zero-order valence-corrected chi connectivity index (χ0v) is 14.4. The summed E-state index contributed by atoms with van der Waals surface area (Å²) in [6, 6.07) is 9.45. The number of nitrogens with two attached hydrogens (primary N) is 1. The molecule has 0 bridgehead atoms. The van der Waals surface area contributed by atoms with Crippen molar-refractivity contribution >= 4 is 17.8 Å². The highest BCUT2D eigenvalue weighted by molar-refractivity contribution is 5.85. The van der Waals surface area contributed by atoms with Gasteiger partial charge in [-0.3, -0.25) is 14.4 Å². The monoisotopic (exact) mass is 346 g/mol. The first-order valence-corrected chi connectivity index (χ1v) is 8.76. The summed E-state index contributed by atoms with van der Waals surface area (Å²) in [5.41, 5.74) is 5.18. The van der Waals surface area contributed by atoms with Crippen molar-refractivity contribution in [3.8, 4) is 0 Å². The minimum Gasteiger partial charge on any atom is -0.481 e. The highest BCUT2D eigenvalue weighted by atomic mass is 16.4. The van der Waals surface area contributed by atoms with Crippen LogP contribution in [0.1, 0.15) is 50.5 Å². The van der Waals surface area contributed by atoms with Gasteiger partial charge in [0.05, 0.1) is 5.41 Å². The van der Waals surface area contributed by atoms with E-state index in [4.69, 9.17) is 5.73 Å². The first-order valence-electron chi connectivity index (χ1n) is 8.76. The Labute approximate surface area is 148 Å². The van der Waals surface area contributed by atoms with Gasteiger partial charge in [0, 0.05) is 25.9 Å². The first-order chi connectivity index (χ1) is 11.9. The van der Waals surface area contributed by atoms with E-state index in [2.05, 4.69) is 0 Å². The lowest BCUT2D eigenvalue weighted by Gasteiger charge is -2.34. The summed E-state index contributed by atoms with van der Waals surface area (Å²) in [7, 11) is 0. The molecular weight excluding hydrogens is 320 g/mol. The van der Waals surface area contributed by atoms with E-state index >= 15 is 0 Å². The molecule has 6 heteroatoms. The van der Waals surface area contributed by atoms with E-state index in [0.717, 1.165) is 24.8 Å². The van der Waals surface area contributed by atoms with E-state index in [1.807, 2.05) is 30.3 Å². The molecule has 0 saturated heterocycles. The number of aliphatic carboxylic acids is 1. The van der Waals surface area contributed by atoms with Crippen LogP contribution in [0.4, 0.5) is 0 Å². The lowest BCUT2D eigenvalue weighted by molar-refractivity contribution is -0.156. The van der Waals surface area contributed by atoms with E-state index in [1.54, 1.807) is 4.90 Å². The fourth-order valence-electron chi connectivity index (χ4n) is 3.44. The third kappa shape index (κ3) is 5.31. The molecule has 6 nitrogen and oxygen atoms in total. The van der Waals surface area contributed by atoms with Crippen molar-refractivity contribution in [2.24, 2.45) is 11.1 Å². The number of benzene rings is 1. The number of rotatable bonds is 8. The SMILES string of the molecule is NC(=O)CCN(Cc1ccccc1)C(=O)CC1(C(=O)O)CCCCC1. The molecular formula is C19H26N2O4. The zero-order chi connectivity index (χ0) is 18.3. The number of hydrogen-bond donors (Lipinski definition) is 2. The van der Waals surface area contributed by atoms with E-state index in [1.165, 1.54) is 0 Å². The van der Waals surface area contributed by atoms with Crippen LogP contribution in [-0.4, -0.2) is 34.3 Å². The average molecular weight is 346 g/mol. The van der Waals surface area contributed by atoms with Gasteiger partial charge in [0.15, 0.2) is 0 Å². The van der Waals surface area contributed by atoms with Crippen LogP contribution in [0, 0.1) is 5.41 Å². The Morgan fingerprint density at radius 3 is 2.28 bits per heavy atom. The van der Waals surface area contributed by atoms with Crippen molar-refractivity contribution in [2.75, 3.05) is 6.54 Å². The number of amides is 2.